The van der Waals surface area contributed by atoms with Crippen molar-refractivity contribution in [3.05, 3.63) is 23.1 Å². The highest BCUT2D eigenvalue weighted by Crippen LogP contribution is 2.34. The van der Waals surface area contributed by atoms with E-state index in [4.69, 9.17) is 0 Å². The van der Waals surface area contributed by atoms with Gasteiger partial charge in [-0.05, 0) is 25.1 Å². The average molecular weight is 279 g/mol. The maximum absolute atomic E-state index is 11.6. The van der Waals surface area contributed by atoms with Gasteiger partial charge in [0.25, 0.3) is 0 Å². The molecule has 1 aromatic heterocycles. The Morgan fingerprint density at radius 2 is 2.12 bits per heavy atom. The molecule has 0 aliphatic carbocycles. The molecule has 2 heterocycles. The molecule has 0 saturated carbocycles. The standard InChI is InChI=1S/C8H9NO4S3/c1-9-16(12,13)7-5-6-3-2-4-15(10,11)8(6)14-7/h2,4-5,9H,3H2,1H3. The number of nitrogens with one attached hydrogen (secondary N) is 1. The molecule has 0 fully saturated rings. The maximum atomic E-state index is 11.6. The second-order valence-electron chi connectivity index (χ2n) is 3.21. The van der Waals surface area contributed by atoms with Gasteiger partial charge in [0.05, 0.1) is 0 Å². The number of rotatable bonds is 2. The molecule has 1 aliphatic rings. The predicted molar refractivity (Wildman–Crippen MR) is 60.6 cm³/mol. The summed E-state index contributed by atoms with van der Waals surface area (Å²) in [4.78, 5) is 0. The Morgan fingerprint density at radius 3 is 2.69 bits per heavy atom. The molecule has 1 aliphatic heterocycles. The molecule has 88 valence electrons. The molecule has 0 amide bonds. The van der Waals surface area contributed by atoms with E-state index in [0.29, 0.717) is 12.0 Å². The first kappa shape index (κ1) is 11.8. The molecule has 0 aromatic carbocycles. The molecule has 0 bridgehead atoms. The van der Waals surface area contributed by atoms with Crippen molar-refractivity contribution in [1.82, 2.24) is 4.72 Å². The summed E-state index contributed by atoms with van der Waals surface area (Å²) < 4.78 is 48.6. The van der Waals surface area contributed by atoms with E-state index >= 15 is 0 Å². The fraction of sp³-hybridized carbons (Fsp3) is 0.250. The number of sulfone groups is 1. The van der Waals surface area contributed by atoms with Crippen LogP contribution < -0.4 is 4.72 Å². The zero-order valence-electron chi connectivity index (χ0n) is 8.30. The van der Waals surface area contributed by atoms with E-state index in [1.807, 2.05) is 0 Å². The van der Waals surface area contributed by atoms with Crippen molar-refractivity contribution in [2.45, 2.75) is 14.8 Å². The van der Waals surface area contributed by atoms with Crippen LogP contribution >= 0.6 is 11.3 Å². The monoisotopic (exact) mass is 279 g/mol. The lowest BCUT2D eigenvalue weighted by atomic mass is 10.2. The van der Waals surface area contributed by atoms with E-state index in [1.54, 1.807) is 0 Å². The first-order valence-electron chi connectivity index (χ1n) is 4.35. The third-order valence-corrected chi connectivity index (χ3v) is 7.29. The van der Waals surface area contributed by atoms with Gasteiger partial charge in [-0.25, -0.2) is 21.6 Å². The zero-order valence-corrected chi connectivity index (χ0v) is 10.7. The molecule has 0 saturated heterocycles. The summed E-state index contributed by atoms with van der Waals surface area (Å²) in [6, 6.07) is 1.41. The molecule has 5 nitrogen and oxygen atoms in total. The van der Waals surface area contributed by atoms with Crippen LogP contribution in [-0.4, -0.2) is 23.9 Å². The number of hydrogen-bond acceptors (Lipinski definition) is 5. The van der Waals surface area contributed by atoms with Gasteiger partial charge in [-0.1, -0.05) is 6.08 Å². The van der Waals surface area contributed by atoms with Crippen LogP contribution in [0.2, 0.25) is 0 Å². The molecule has 2 rings (SSSR count). The van der Waals surface area contributed by atoms with Gasteiger partial charge < -0.3 is 0 Å². The average Bonchev–Trinajstić information content (AvgIpc) is 2.63. The molecule has 0 radical (unpaired) electrons. The summed E-state index contributed by atoms with van der Waals surface area (Å²) in [5.74, 6) is 0. The molecule has 1 aromatic rings. The Balaban J connectivity index is 2.64. The lowest BCUT2D eigenvalue weighted by molar-refractivity contribution is 0.590. The Labute approximate surface area is 97.8 Å². The van der Waals surface area contributed by atoms with Crippen molar-refractivity contribution in [3.63, 3.8) is 0 Å². The van der Waals surface area contributed by atoms with E-state index in [0.717, 1.165) is 16.7 Å². The van der Waals surface area contributed by atoms with Crippen LogP contribution in [0.5, 0.6) is 0 Å². The van der Waals surface area contributed by atoms with Crippen LogP contribution in [0, 0.1) is 0 Å². The number of hydrogen-bond donors (Lipinski definition) is 1. The number of fused-ring (bicyclic) bond motifs is 1. The number of allylic oxidation sites excluding steroid dienone is 1. The highest BCUT2D eigenvalue weighted by atomic mass is 32.3. The minimum atomic E-state index is -3.57. The quantitative estimate of drug-likeness (QED) is 0.855. The summed E-state index contributed by atoms with van der Waals surface area (Å²) in [6.07, 6.45) is 1.96. The van der Waals surface area contributed by atoms with Crippen LogP contribution in [0.3, 0.4) is 0 Å². The van der Waals surface area contributed by atoms with Crippen LogP contribution in [0.25, 0.3) is 0 Å². The van der Waals surface area contributed by atoms with Crippen molar-refractivity contribution in [2.75, 3.05) is 7.05 Å². The third-order valence-electron chi connectivity index (χ3n) is 2.15. The Morgan fingerprint density at radius 1 is 1.44 bits per heavy atom. The smallest absolute Gasteiger partial charge is 0.218 e. The topological polar surface area (TPSA) is 80.3 Å². The highest BCUT2D eigenvalue weighted by molar-refractivity contribution is 7.97. The Bertz CT molecular complexity index is 651. The zero-order chi connectivity index (χ0) is 12.0. The van der Waals surface area contributed by atoms with Crippen LogP contribution in [0.1, 0.15) is 5.56 Å². The summed E-state index contributed by atoms with van der Waals surface area (Å²) in [5, 5.41) is 1.11. The van der Waals surface area contributed by atoms with E-state index in [-0.39, 0.29) is 8.42 Å². The molecule has 0 atom stereocenters. The molecular weight excluding hydrogens is 270 g/mol. The lowest BCUT2D eigenvalue weighted by Gasteiger charge is -2.03. The van der Waals surface area contributed by atoms with Gasteiger partial charge >= 0.3 is 0 Å². The largest absolute Gasteiger partial charge is 0.249 e. The van der Waals surface area contributed by atoms with Crippen molar-refractivity contribution in [3.8, 4) is 0 Å². The SMILES string of the molecule is CNS(=O)(=O)c1cc2c(s1)S(=O)(=O)C=CC2. The van der Waals surface area contributed by atoms with Crippen molar-refractivity contribution in [1.29, 1.82) is 0 Å². The van der Waals surface area contributed by atoms with Gasteiger partial charge in [-0.15, -0.1) is 11.3 Å². The van der Waals surface area contributed by atoms with Crippen LogP contribution in [0.4, 0.5) is 0 Å². The number of thiophene rings is 1. The maximum Gasteiger partial charge on any atom is 0.249 e. The van der Waals surface area contributed by atoms with Gasteiger partial charge in [0, 0.05) is 5.41 Å². The first-order valence-corrected chi connectivity index (χ1v) is 8.19. The molecule has 1 N–H and O–H groups in total. The molecular formula is C8H9NO4S3. The molecule has 8 heteroatoms. The third kappa shape index (κ3) is 1.81. The van der Waals surface area contributed by atoms with Gasteiger partial charge in [0.2, 0.25) is 19.9 Å². The van der Waals surface area contributed by atoms with Gasteiger partial charge in [0.15, 0.2) is 0 Å². The van der Waals surface area contributed by atoms with E-state index < -0.39 is 19.9 Å². The summed E-state index contributed by atoms with van der Waals surface area (Å²) in [7, 11) is -5.72. The Hall–Kier alpha value is -0.700. The van der Waals surface area contributed by atoms with Crippen molar-refractivity contribution in [2.24, 2.45) is 0 Å². The van der Waals surface area contributed by atoms with E-state index in [2.05, 4.69) is 4.72 Å². The lowest BCUT2D eigenvalue weighted by Crippen LogP contribution is -2.17. The van der Waals surface area contributed by atoms with Gasteiger partial charge in [0.1, 0.15) is 8.42 Å². The highest BCUT2D eigenvalue weighted by Gasteiger charge is 2.26. The van der Waals surface area contributed by atoms with Crippen molar-refractivity contribution >= 4 is 31.2 Å². The van der Waals surface area contributed by atoms with E-state index in [9.17, 15) is 16.8 Å². The summed E-state index contributed by atoms with van der Waals surface area (Å²) >= 11 is 0.784. The van der Waals surface area contributed by atoms with Crippen LogP contribution in [-0.2, 0) is 26.3 Å². The van der Waals surface area contributed by atoms with Gasteiger partial charge in [-0.2, -0.15) is 0 Å². The predicted octanol–water partition coefficient (Wildman–Crippen LogP) is 0.500. The fourth-order valence-electron chi connectivity index (χ4n) is 1.37. The normalized spacial score (nSPS) is 18.3. The first-order chi connectivity index (χ1) is 7.37. The van der Waals surface area contributed by atoms with Crippen molar-refractivity contribution < 1.29 is 16.8 Å². The van der Waals surface area contributed by atoms with Crippen LogP contribution in [0.15, 0.2) is 26.0 Å². The number of sulfonamides is 1. The summed E-state index contributed by atoms with van der Waals surface area (Å²) in [6.45, 7) is 0. The minimum absolute atomic E-state index is 0.0345. The molecule has 0 spiro atoms. The summed E-state index contributed by atoms with van der Waals surface area (Å²) in [5.41, 5.74) is 0.543. The second-order valence-corrected chi connectivity index (χ2v) is 8.40. The van der Waals surface area contributed by atoms with E-state index in [1.165, 1.54) is 19.2 Å². The Kier molecular flexibility index (Phi) is 2.69. The van der Waals surface area contributed by atoms with Gasteiger partial charge in [-0.3, -0.25) is 0 Å². The molecule has 16 heavy (non-hydrogen) atoms. The fourth-order valence-corrected chi connectivity index (χ4v) is 5.50. The second kappa shape index (κ2) is 3.66. The molecule has 0 unspecified atom stereocenters. The minimum Gasteiger partial charge on any atom is -0.218 e.